The third-order valence-corrected chi connectivity index (χ3v) is 5.55. The van der Waals surface area contributed by atoms with Gasteiger partial charge in [0.1, 0.15) is 5.01 Å². The van der Waals surface area contributed by atoms with Crippen molar-refractivity contribution < 1.29 is 9.47 Å². The molecule has 0 amide bonds. The van der Waals surface area contributed by atoms with Crippen LogP contribution in [0.5, 0.6) is 11.5 Å². The zero-order valence-corrected chi connectivity index (χ0v) is 16.8. The quantitative estimate of drug-likeness (QED) is 0.478. The number of benzene rings is 2. The summed E-state index contributed by atoms with van der Waals surface area (Å²) in [4.78, 5) is 6.65. The number of ether oxygens (including phenoxy) is 2. The lowest BCUT2D eigenvalue weighted by Gasteiger charge is -2.15. The minimum atomic E-state index is 0.265. The standard InChI is InChI=1S/C22H20N4O2S/c1-25(14-21-23-9-10-29-21)12-17-13-26(18-5-3-2-4-6-18)24-22(17)16-7-8-19-20(11-16)28-15-27-19/h2-11,13H,12,14-15H2,1H3. The average Bonchev–Trinajstić information content (AvgIpc) is 3.49. The maximum Gasteiger partial charge on any atom is 0.231 e. The lowest BCUT2D eigenvalue weighted by molar-refractivity contribution is 0.174. The molecule has 0 saturated carbocycles. The van der Waals surface area contributed by atoms with Gasteiger partial charge >= 0.3 is 0 Å². The van der Waals surface area contributed by atoms with E-state index in [1.165, 1.54) is 0 Å². The van der Waals surface area contributed by atoms with Gasteiger partial charge in [0.25, 0.3) is 0 Å². The van der Waals surface area contributed by atoms with Crippen molar-refractivity contribution in [3.05, 3.63) is 76.9 Å². The molecular formula is C22H20N4O2S. The van der Waals surface area contributed by atoms with Crippen molar-refractivity contribution in [3.8, 4) is 28.4 Å². The number of aromatic nitrogens is 3. The average molecular weight is 404 g/mol. The van der Waals surface area contributed by atoms with E-state index in [2.05, 4.69) is 35.3 Å². The van der Waals surface area contributed by atoms with Gasteiger partial charge in [0.2, 0.25) is 6.79 Å². The van der Waals surface area contributed by atoms with E-state index in [9.17, 15) is 0 Å². The van der Waals surface area contributed by atoms with E-state index in [0.717, 1.165) is 52.1 Å². The van der Waals surface area contributed by atoms with Gasteiger partial charge in [0, 0.05) is 35.4 Å². The maximum absolute atomic E-state index is 5.57. The predicted octanol–water partition coefficient (Wildman–Crippen LogP) is 4.36. The summed E-state index contributed by atoms with van der Waals surface area (Å²) < 4.78 is 13.0. The van der Waals surface area contributed by atoms with Crippen molar-refractivity contribution in [2.75, 3.05) is 13.8 Å². The van der Waals surface area contributed by atoms with Crippen molar-refractivity contribution in [1.82, 2.24) is 19.7 Å². The van der Waals surface area contributed by atoms with Crippen molar-refractivity contribution in [3.63, 3.8) is 0 Å². The van der Waals surface area contributed by atoms with E-state index in [-0.39, 0.29) is 6.79 Å². The Balaban J connectivity index is 1.50. The maximum atomic E-state index is 5.57. The molecule has 146 valence electrons. The fourth-order valence-electron chi connectivity index (χ4n) is 3.43. The molecule has 0 spiro atoms. The van der Waals surface area contributed by atoms with E-state index < -0.39 is 0 Å². The van der Waals surface area contributed by atoms with Crippen LogP contribution in [-0.2, 0) is 13.1 Å². The minimum Gasteiger partial charge on any atom is -0.454 e. The molecule has 5 rings (SSSR count). The highest BCUT2D eigenvalue weighted by Crippen LogP contribution is 2.36. The number of nitrogens with zero attached hydrogens (tertiary/aromatic N) is 4. The normalized spacial score (nSPS) is 12.6. The summed E-state index contributed by atoms with van der Waals surface area (Å²) in [7, 11) is 2.10. The van der Waals surface area contributed by atoms with Gasteiger partial charge in [0.05, 0.1) is 17.9 Å². The molecule has 29 heavy (non-hydrogen) atoms. The van der Waals surface area contributed by atoms with Gasteiger partial charge in [-0.3, -0.25) is 4.90 Å². The van der Waals surface area contributed by atoms with E-state index >= 15 is 0 Å². The second-order valence-electron chi connectivity index (χ2n) is 6.95. The topological polar surface area (TPSA) is 52.4 Å². The summed E-state index contributed by atoms with van der Waals surface area (Å²) in [6, 6.07) is 16.1. The van der Waals surface area contributed by atoms with Gasteiger partial charge in [-0.2, -0.15) is 5.10 Å². The molecule has 0 unspecified atom stereocenters. The molecule has 1 aliphatic rings. The Hall–Kier alpha value is -3.16. The molecular weight excluding hydrogens is 384 g/mol. The Bertz CT molecular complexity index is 1110. The first-order valence-corrected chi connectivity index (χ1v) is 10.2. The second-order valence-corrected chi connectivity index (χ2v) is 7.93. The number of fused-ring (bicyclic) bond motifs is 1. The first-order valence-electron chi connectivity index (χ1n) is 9.37. The van der Waals surface area contributed by atoms with Gasteiger partial charge in [0.15, 0.2) is 11.5 Å². The second kappa shape index (κ2) is 7.69. The number of thiazole rings is 1. The van der Waals surface area contributed by atoms with E-state index in [1.54, 1.807) is 11.3 Å². The first kappa shape index (κ1) is 17.9. The highest BCUT2D eigenvalue weighted by Gasteiger charge is 2.19. The SMILES string of the molecule is CN(Cc1nccs1)Cc1cn(-c2ccccc2)nc1-c1ccc2c(c1)OCO2. The fourth-order valence-corrected chi connectivity index (χ4v) is 4.13. The van der Waals surface area contributed by atoms with Crippen LogP contribution >= 0.6 is 11.3 Å². The smallest absolute Gasteiger partial charge is 0.231 e. The summed E-state index contributed by atoms with van der Waals surface area (Å²) in [5.41, 5.74) is 4.13. The molecule has 0 N–H and O–H groups in total. The van der Waals surface area contributed by atoms with Crippen LogP contribution in [0.15, 0.2) is 66.3 Å². The molecule has 7 heteroatoms. The molecule has 0 aliphatic carbocycles. The molecule has 4 aromatic rings. The number of para-hydroxylation sites is 1. The Kier molecular flexibility index (Phi) is 4.75. The predicted molar refractivity (Wildman–Crippen MR) is 112 cm³/mol. The summed E-state index contributed by atoms with van der Waals surface area (Å²) >= 11 is 1.67. The Morgan fingerprint density at radius 2 is 1.93 bits per heavy atom. The summed E-state index contributed by atoms with van der Waals surface area (Å²) in [6.45, 7) is 1.83. The lowest BCUT2D eigenvalue weighted by Crippen LogP contribution is -2.17. The Labute approximate surface area is 173 Å². The zero-order chi connectivity index (χ0) is 19.6. The molecule has 6 nitrogen and oxygen atoms in total. The van der Waals surface area contributed by atoms with Crippen LogP contribution in [-0.4, -0.2) is 33.5 Å². The molecule has 0 atom stereocenters. The number of hydrogen-bond acceptors (Lipinski definition) is 6. The third kappa shape index (κ3) is 3.74. The molecule has 0 radical (unpaired) electrons. The highest BCUT2D eigenvalue weighted by molar-refractivity contribution is 7.09. The van der Waals surface area contributed by atoms with Gasteiger partial charge in [-0.15, -0.1) is 11.3 Å². The molecule has 2 aromatic carbocycles. The monoisotopic (exact) mass is 404 g/mol. The van der Waals surface area contributed by atoms with E-state index in [4.69, 9.17) is 14.6 Å². The van der Waals surface area contributed by atoms with Crippen molar-refractivity contribution in [2.45, 2.75) is 13.1 Å². The van der Waals surface area contributed by atoms with Crippen LogP contribution in [0.4, 0.5) is 0 Å². The summed E-state index contributed by atoms with van der Waals surface area (Å²) in [5.74, 6) is 1.54. The fraction of sp³-hybridized carbons (Fsp3) is 0.182. The van der Waals surface area contributed by atoms with Crippen molar-refractivity contribution in [2.24, 2.45) is 0 Å². The van der Waals surface area contributed by atoms with Crippen LogP contribution in [0.2, 0.25) is 0 Å². The largest absolute Gasteiger partial charge is 0.454 e. The van der Waals surface area contributed by atoms with E-state index in [1.807, 2.05) is 52.7 Å². The molecule has 0 saturated heterocycles. The molecule has 3 heterocycles. The minimum absolute atomic E-state index is 0.265. The van der Waals surface area contributed by atoms with Crippen LogP contribution in [0, 0.1) is 0 Å². The van der Waals surface area contributed by atoms with Gasteiger partial charge in [-0.25, -0.2) is 9.67 Å². The Morgan fingerprint density at radius 1 is 1.07 bits per heavy atom. The van der Waals surface area contributed by atoms with Crippen molar-refractivity contribution >= 4 is 11.3 Å². The summed E-state index contributed by atoms with van der Waals surface area (Å²) in [6.07, 6.45) is 3.95. The molecule has 0 fully saturated rings. The summed E-state index contributed by atoms with van der Waals surface area (Å²) in [5, 5.41) is 8.02. The van der Waals surface area contributed by atoms with Gasteiger partial charge in [-0.1, -0.05) is 18.2 Å². The number of hydrogen-bond donors (Lipinski definition) is 0. The van der Waals surface area contributed by atoms with Crippen LogP contribution in [0.25, 0.3) is 16.9 Å². The lowest BCUT2D eigenvalue weighted by atomic mass is 10.1. The first-order chi connectivity index (χ1) is 14.3. The molecule has 1 aliphatic heterocycles. The molecule has 0 bridgehead atoms. The van der Waals surface area contributed by atoms with Crippen molar-refractivity contribution in [1.29, 1.82) is 0 Å². The van der Waals surface area contributed by atoms with Gasteiger partial charge in [-0.05, 0) is 37.4 Å². The zero-order valence-electron chi connectivity index (χ0n) is 16.0. The highest BCUT2D eigenvalue weighted by atomic mass is 32.1. The third-order valence-electron chi connectivity index (χ3n) is 4.79. The van der Waals surface area contributed by atoms with Crippen LogP contribution < -0.4 is 9.47 Å². The Morgan fingerprint density at radius 3 is 2.76 bits per heavy atom. The van der Waals surface area contributed by atoms with Crippen LogP contribution in [0.1, 0.15) is 10.6 Å². The van der Waals surface area contributed by atoms with Gasteiger partial charge < -0.3 is 9.47 Å². The molecule has 2 aromatic heterocycles. The van der Waals surface area contributed by atoms with Crippen LogP contribution in [0.3, 0.4) is 0 Å². The number of rotatable bonds is 6. The van der Waals surface area contributed by atoms with E-state index in [0.29, 0.717) is 0 Å².